The molecule has 0 bridgehead atoms. The fourth-order valence-corrected chi connectivity index (χ4v) is 2.05. The minimum Gasteiger partial charge on any atom is -0.326 e. The Morgan fingerprint density at radius 2 is 2.17 bits per heavy atom. The first-order valence-corrected chi connectivity index (χ1v) is 5.92. The smallest absolute Gasteiger partial charge is 0.326 e. The highest BCUT2D eigenvalue weighted by atomic mass is 32.1. The first-order valence-electron chi connectivity index (χ1n) is 5.15. The predicted octanol–water partition coefficient (Wildman–Crippen LogP) is 3.58. The van der Waals surface area contributed by atoms with Gasteiger partial charge in [0.25, 0.3) is 0 Å². The van der Waals surface area contributed by atoms with E-state index < -0.39 is 24.9 Å². The molecule has 7 heteroatoms. The monoisotopic (exact) mass is 274 g/mol. The Kier molecular flexibility index (Phi) is 3.51. The molecule has 1 aromatic carbocycles. The second-order valence-electron chi connectivity index (χ2n) is 3.74. The minimum atomic E-state index is -4.31. The van der Waals surface area contributed by atoms with Crippen molar-refractivity contribution in [2.75, 3.05) is 5.32 Å². The molecule has 0 fully saturated rings. The molecule has 1 aromatic heterocycles. The summed E-state index contributed by atoms with van der Waals surface area (Å²) in [5.41, 5.74) is 0.481. The quantitative estimate of drug-likeness (QED) is 0.929. The van der Waals surface area contributed by atoms with Crippen LogP contribution in [0.25, 0.3) is 10.1 Å². The third-order valence-electron chi connectivity index (χ3n) is 2.27. The van der Waals surface area contributed by atoms with E-state index >= 15 is 0 Å². The molecule has 0 aliphatic rings. The molecular formula is C11H9F3N2OS. The fourth-order valence-electron chi connectivity index (χ4n) is 1.43. The topological polar surface area (TPSA) is 42.0 Å². The number of rotatable bonds is 3. The van der Waals surface area contributed by atoms with Crippen molar-refractivity contribution in [2.24, 2.45) is 0 Å². The van der Waals surface area contributed by atoms with Crippen LogP contribution in [0.15, 0.2) is 24.4 Å². The Morgan fingerprint density at radius 1 is 1.39 bits per heavy atom. The summed E-state index contributed by atoms with van der Waals surface area (Å²) in [5, 5.41) is 3.29. The molecular weight excluding hydrogens is 265 g/mol. The Morgan fingerprint density at radius 3 is 2.89 bits per heavy atom. The number of nitrogens with zero attached hydrogens (tertiary/aromatic N) is 1. The number of carbonyl (C=O) groups excluding carboxylic acids is 1. The van der Waals surface area contributed by atoms with Gasteiger partial charge in [-0.1, -0.05) is 0 Å². The number of benzene rings is 1. The lowest BCUT2D eigenvalue weighted by Crippen LogP contribution is -2.16. The Hall–Kier alpha value is -1.63. The number of halogens is 3. The number of hydrogen-bond donors (Lipinski definition) is 1. The van der Waals surface area contributed by atoms with Gasteiger partial charge >= 0.3 is 6.18 Å². The van der Waals surface area contributed by atoms with Gasteiger partial charge in [-0.15, -0.1) is 0 Å². The van der Waals surface area contributed by atoms with Gasteiger partial charge in [-0.25, -0.2) is 0 Å². The molecule has 0 unspecified atom stereocenters. The van der Waals surface area contributed by atoms with Crippen LogP contribution in [0.4, 0.5) is 18.9 Å². The molecule has 1 N–H and O–H groups in total. The molecule has 0 spiro atoms. The largest absolute Gasteiger partial charge is 0.389 e. The molecule has 3 nitrogen and oxygen atoms in total. The van der Waals surface area contributed by atoms with Crippen LogP contribution in [-0.2, 0) is 4.79 Å². The van der Waals surface area contributed by atoms with Crippen molar-refractivity contribution in [3.8, 4) is 0 Å². The van der Waals surface area contributed by atoms with E-state index in [0.717, 1.165) is 10.1 Å². The van der Waals surface area contributed by atoms with Crippen LogP contribution in [0.1, 0.15) is 12.8 Å². The van der Waals surface area contributed by atoms with Gasteiger partial charge in [0, 0.05) is 23.7 Å². The first-order chi connectivity index (χ1) is 8.44. The molecule has 18 heavy (non-hydrogen) atoms. The van der Waals surface area contributed by atoms with Crippen LogP contribution in [0, 0.1) is 0 Å². The van der Waals surface area contributed by atoms with Gasteiger partial charge in [0.2, 0.25) is 5.91 Å². The summed E-state index contributed by atoms with van der Waals surface area (Å²) in [5.74, 6) is -0.644. The average molecular weight is 274 g/mol. The molecule has 0 radical (unpaired) electrons. The van der Waals surface area contributed by atoms with Crippen LogP contribution in [0.5, 0.6) is 0 Å². The van der Waals surface area contributed by atoms with Crippen molar-refractivity contribution >= 4 is 33.2 Å². The highest BCUT2D eigenvalue weighted by Gasteiger charge is 2.27. The lowest BCUT2D eigenvalue weighted by molar-refractivity contribution is -0.142. The number of alkyl halides is 3. The Bertz CT molecular complexity index is 565. The molecule has 0 atom stereocenters. The average Bonchev–Trinajstić information content (AvgIpc) is 2.72. The predicted molar refractivity (Wildman–Crippen MR) is 63.5 cm³/mol. The number of carbonyl (C=O) groups is 1. The summed E-state index contributed by atoms with van der Waals surface area (Å²) in [6.45, 7) is 0. The van der Waals surface area contributed by atoms with Crippen LogP contribution in [0.3, 0.4) is 0 Å². The zero-order valence-electron chi connectivity index (χ0n) is 9.12. The Labute approximate surface area is 105 Å². The van der Waals surface area contributed by atoms with Crippen molar-refractivity contribution in [3.05, 3.63) is 24.4 Å². The molecule has 2 aromatic rings. The molecule has 2 rings (SSSR count). The standard InChI is InChI=1S/C11H9F3N2OS/c12-11(13,14)4-3-10(17)16-8-1-2-9-7(5-8)6-15-18-9/h1-2,5-6H,3-4H2,(H,16,17). The minimum absolute atomic E-state index is 0.481. The highest BCUT2D eigenvalue weighted by molar-refractivity contribution is 7.13. The van der Waals surface area contributed by atoms with E-state index in [9.17, 15) is 18.0 Å². The van der Waals surface area contributed by atoms with Crippen LogP contribution in [0.2, 0.25) is 0 Å². The van der Waals surface area contributed by atoms with E-state index in [4.69, 9.17) is 0 Å². The van der Waals surface area contributed by atoms with Gasteiger partial charge in [0.15, 0.2) is 0 Å². The number of nitrogens with one attached hydrogen (secondary N) is 1. The van der Waals surface area contributed by atoms with Crippen LogP contribution < -0.4 is 5.32 Å². The van der Waals surface area contributed by atoms with Crippen molar-refractivity contribution in [2.45, 2.75) is 19.0 Å². The van der Waals surface area contributed by atoms with E-state index in [1.165, 1.54) is 11.5 Å². The molecule has 0 saturated carbocycles. The number of amides is 1. The number of aromatic nitrogens is 1. The van der Waals surface area contributed by atoms with Crippen molar-refractivity contribution in [1.82, 2.24) is 4.37 Å². The zero-order valence-corrected chi connectivity index (χ0v) is 9.94. The van der Waals surface area contributed by atoms with Gasteiger partial charge in [-0.3, -0.25) is 4.79 Å². The molecule has 96 valence electrons. The second-order valence-corrected chi connectivity index (χ2v) is 4.57. The summed E-state index contributed by atoms with van der Waals surface area (Å²) in [4.78, 5) is 11.3. The van der Waals surface area contributed by atoms with E-state index in [2.05, 4.69) is 9.69 Å². The molecule has 1 amide bonds. The van der Waals surface area contributed by atoms with E-state index in [0.29, 0.717) is 5.69 Å². The van der Waals surface area contributed by atoms with Crippen molar-refractivity contribution in [1.29, 1.82) is 0 Å². The lowest BCUT2D eigenvalue weighted by atomic mass is 10.2. The molecule has 0 saturated heterocycles. The van der Waals surface area contributed by atoms with Gasteiger partial charge in [-0.05, 0) is 29.7 Å². The maximum Gasteiger partial charge on any atom is 0.389 e. The Balaban J connectivity index is 1.98. The third-order valence-corrected chi connectivity index (χ3v) is 3.05. The van der Waals surface area contributed by atoms with Gasteiger partial charge in [0.05, 0.1) is 11.1 Å². The van der Waals surface area contributed by atoms with Gasteiger partial charge in [0.1, 0.15) is 0 Å². The summed E-state index contributed by atoms with van der Waals surface area (Å²) in [7, 11) is 0. The van der Waals surface area contributed by atoms with Gasteiger partial charge < -0.3 is 5.32 Å². The summed E-state index contributed by atoms with van der Waals surface area (Å²) in [6, 6.07) is 5.10. The molecule has 0 aliphatic heterocycles. The van der Waals surface area contributed by atoms with E-state index in [1.54, 1.807) is 24.4 Å². The fraction of sp³-hybridized carbons (Fsp3) is 0.273. The SMILES string of the molecule is O=C(CCC(F)(F)F)Nc1ccc2sncc2c1. The number of hydrogen-bond acceptors (Lipinski definition) is 3. The second kappa shape index (κ2) is 4.93. The van der Waals surface area contributed by atoms with Crippen LogP contribution in [-0.4, -0.2) is 16.5 Å². The normalized spacial score (nSPS) is 11.7. The number of anilines is 1. The van der Waals surface area contributed by atoms with E-state index in [1.807, 2.05) is 0 Å². The van der Waals surface area contributed by atoms with E-state index in [-0.39, 0.29) is 0 Å². The van der Waals surface area contributed by atoms with Crippen molar-refractivity contribution in [3.63, 3.8) is 0 Å². The summed E-state index contributed by atoms with van der Waals surface area (Å²) in [6.07, 6.45) is -4.34. The van der Waals surface area contributed by atoms with Gasteiger partial charge in [-0.2, -0.15) is 17.5 Å². The zero-order chi connectivity index (χ0) is 13.2. The number of fused-ring (bicyclic) bond motifs is 1. The molecule has 0 aliphatic carbocycles. The maximum absolute atomic E-state index is 11.9. The third kappa shape index (κ3) is 3.43. The van der Waals surface area contributed by atoms with Crippen molar-refractivity contribution < 1.29 is 18.0 Å². The lowest BCUT2D eigenvalue weighted by Gasteiger charge is -2.07. The summed E-state index contributed by atoms with van der Waals surface area (Å²) < 4.78 is 40.7. The molecule has 1 heterocycles. The maximum atomic E-state index is 11.9. The summed E-state index contributed by atoms with van der Waals surface area (Å²) >= 11 is 1.32. The first kappa shape index (κ1) is 12.8. The highest BCUT2D eigenvalue weighted by Crippen LogP contribution is 2.24. The van der Waals surface area contributed by atoms with Crippen LogP contribution >= 0.6 is 11.5 Å².